The number of rotatable bonds is 8. The number of carbonyl (C=O) groups excluding carboxylic acids is 1. The summed E-state index contributed by atoms with van der Waals surface area (Å²) < 4.78 is 38.8. The van der Waals surface area contributed by atoms with Gasteiger partial charge in [-0.15, -0.1) is 0 Å². The Kier molecular flexibility index (Phi) is 7.40. The first kappa shape index (κ1) is 20.6. The number of hydrogen-bond donors (Lipinski definition) is 1. The van der Waals surface area contributed by atoms with Crippen molar-refractivity contribution in [1.82, 2.24) is 10.2 Å². The maximum absolute atomic E-state index is 13.2. The third-order valence-corrected chi connectivity index (χ3v) is 5.77. The number of nitrogens with one attached hydrogen (secondary N) is 1. The Labute approximate surface area is 155 Å². The van der Waals surface area contributed by atoms with Crippen LogP contribution in [0.2, 0.25) is 0 Å². The van der Waals surface area contributed by atoms with Crippen molar-refractivity contribution in [1.29, 1.82) is 0 Å². The van der Waals surface area contributed by atoms with Crippen LogP contribution in [0.3, 0.4) is 0 Å². The lowest BCUT2D eigenvalue weighted by molar-refractivity contribution is -0.122. The van der Waals surface area contributed by atoms with Gasteiger partial charge in [0, 0.05) is 13.1 Å². The Morgan fingerprint density at radius 1 is 1.23 bits per heavy atom. The molecule has 0 saturated carbocycles. The van der Waals surface area contributed by atoms with Gasteiger partial charge >= 0.3 is 0 Å². The summed E-state index contributed by atoms with van der Waals surface area (Å²) in [4.78, 5) is 14.9. The molecule has 1 heterocycles. The fraction of sp³-hybridized carbons (Fsp3) is 0.611. The van der Waals surface area contributed by atoms with Crippen molar-refractivity contribution in [2.75, 3.05) is 36.7 Å². The summed E-state index contributed by atoms with van der Waals surface area (Å²) in [6.45, 7) is 5.08. The van der Waals surface area contributed by atoms with Crippen LogP contribution in [0.4, 0.5) is 10.1 Å². The van der Waals surface area contributed by atoms with Gasteiger partial charge in [0.1, 0.15) is 11.9 Å². The number of likely N-dealkylation sites (tertiary alicyclic amines) is 1. The fourth-order valence-electron chi connectivity index (χ4n) is 3.29. The highest BCUT2D eigenvalue weighted by molar-refractivity contribution is 7.92. The van der Waals surface area contributed by atoms with E-state index in [4.69, 9.17) is 0 Å². The standard InChI is InChI=1S/C18H28FN3O3S/c1-3-17(18(23)20-11-14-21-12-5-4-6-13-21)22(26(2,24)25)16-9-7-15(19)8-10-16/h7-10,17H,3-6,11-14H2,1-2H3,(H,20,23). The van der Waals surface area contributed by atoms with E-state index in [1.165, 1.54) is 43.5 Å². The Hall–Kier alpha value is -1.67. The van der Waals surface area contributed by atoms with Gasteiger partial charge in [-0.3, -0.25) is 9.10 Å². The number of benzene rings is 1. The van der Waals surface area contributed by atoms with Crippen molar-refractivity contribution in [3.63, 3.8) is 0 Å². The van der Waals surface area contributed by atoms with Crippen LogP contribution in [0.5, 0.6) is 0 Å². The molecule has 1 fully saturated rings. The monoisotopic (exact) mass is 385 g/mol. The van der Waals surface area contributed by atoms with Crippen molar-refractivity contribution < 1.29 is 17.6 Å². The number of carbonyl (C=O) groups is 1. The number of amides is 1. The average molecular weight is 386 g/mol. The summed E-state index contributed by atoms with van der Waals surface area (Å²) in [6, 6.07) is 4.26. The second-order valence-electron chi connectivity index (χ2n) is 6.65. The summed E-state index contributed by atoms with van der Waals surface area (Å²) in [5.74, 6) is -0.791. The Balaban J connectivity index is 2.06. The second kappa shape index (κ2) is 9.32. The molecule has 0 aromatic heterocycles. The van der Waals surface area contributed by atoms with Gasteiger partial charge in [-0.05, 0) is 56.6 Å². The van der Waals surface area contributed by atoms with Crippen LogP contribution in [0.25, 0.3) is 0 Å². The molecule has 8 heteroatoms. The summed E-state index contributed by atoms with van der Waals surface area (Å²) in [6.07, 6.45) is 4.98. The minimum absolute atomic E-state index is 0.284. The maximum Gasteiger partial charge on any atom is 0.243 e. The Morgan fingerprint density at radius 3 is 2.38 bits per heavy atom. The molecule has 1 aliphatic heterocycles. The van der Waals surface area contributed by atoms with E-state index in [-0.39, 0.29) is 11.6 Å². The molecule has 1 N–H and O–H groups in total. The molecule has 26 heavy (non-hydrogen) atoms. The average Bonchev–Trinajstić information content (AvgIpc) is 2.60. The van der Waals surface area contributed by atoms with E-state index in [1.807, 2.05) is 0 Å². The quantitative estimate of drug-likeness (QED) is 0.743. The first-order valence-electron chi connectivity index (χ1n) is 9.08. The molecular weight excluding hydrogens is 357 g/mol. The summed E-state index contributed by atoms with van der Waals surface area (Å²) in [7, 11) is -3.69. The fourth-order valence-corrected chi connectivity index (χ4v) is 4.50. The van der Waals surface area contributed by atoms with Gasteiger partial charge in [0.2, 0.25) is 15.9 Å². The highest BCUT2D eigenvalue weighted by Gasteiger charge is 2.31. The molecule has 0 radical (unpaired) electrons. The number of nitrogens with zero attached hydrogens (tertiary/aromatic N) is 2. The lowest BCUT2D eigenvalue weighted by Crippen LogP contribution is -2.50. The normalized spacial score (nSPS) is 16.9. The smallest absolute Gasteiger partial charge is 0.243 e. The zero-order valence-electron chi connectivity index (χ0n) is 15.4. The number of halogens is 1. The molecule has 1 aromatic carbocycles. The number of piperidine rings is 1. The van der Waals surface area contributed by atoms with E-state index in [9.17, 15) is 17.6 Å². The number of sulfonamides is 1. The highest BCUT2D eigenvalue weighted by atomic mass is 32.2. The van der Waals surface area contributed by atoms with Crippen molar-refractivity contribution >= 4 is 21.6 Å². The predicted molar refractivity (Wildman–Crippen MR) is 101 cm³/mol. The van der Waals surface area contributed by atoms with Gasteiger partial charge in [0.15, 0.2) is 0 Å². The number of anilines is 1. The van der Waals surface area contributed by atoms with E-state index in [1.54, 1.807) is 6.92 Å². The van der Waals surface area contributed by atoms with Crippen LogP contribution < -0.4 is 9.62 Å². The zero-order chi connectivity index (χ0) is 19.2. The van der Waals surface area contributed by atoms with Crippen LogP contribution in [-0.4, -0.2) is 57.7 Å². The highest BCUT2D eigenvalue weighted by Crippen LogP contribution is 2.22. The minimum atomic E-state index is -3.69. The first-order valence-corrected chi connectivity index (χ1v) is 10.9. The first-order chi connectivity index (χ1) is 12.3. The van der Waals surface area contributed by atoms with Gasteiger partial charge in [0.25, 0.3) is 0 Å². The minimum Gasteiger partial charge on any atom is -0.353 e. The molecule has 2 rings (SSSR count). The summed E-state index contributed by atoms with van der Waals surface area (Å²) >= 11 is 0. The van der Waals surface area contributed by atoms with Gasteiger partial charge < -0.3 is 10.2 Å². The van der Waals surface area contributed by atoms with E-state index < -0.39 is 21.9 Å². The van der Waals surface area contributed by atoms with E-state index in [0.717, 1.165) is 30.2 Å². The second-order valence-corrected chi connectivity index (χ2v) is 8.51. The zero-order valence-corrected chi connectivity index (χ0v) is 16.3. The van der Waals surface area contributed by atoms with Gasteiger partial charge in [0.05, 0.1) is 11.9 Å². The third-order valence-electron chi connectivity index (χ3n) is 4.59. The molecular formula is C18H28FN3O3S. The Morgan fingerprint density at radius 2 is 1.85 bits per heavy atom. The summed E-state index contributed by atoms with van der Waals surface area (Å²) in [5.41, 5.74) is 0.284. The molecule has 0 spiro atoms. The SMILES string of the molecule is CCC(C(=O)NCCN1CCCCC1)N(c1ccc(F)cc1)S(C)(=O)=O. The molecule has 1 amide bonds. The lowest BCUT2D eigenvalue weighted by atomic mass is 10.1. The molecule has 0 bridgehead atoms. The topological polar surface area (TPSA) is 69.7 Å². The maximum atomic E-state index is 13.2. The predicted octanol–water partition coefficient (Wildman–Crippen LogP) is 1.97. The molecule has 1 aromatic rings. The largest absolute Gasteiger partial charge is 0.353 e. The molecule has 146 valence electrons. The molecule has 1 aliphatic rings. The summed E-state index contributed by atoms with van der Waals surface area (Å²) in [5, 5.41) is 2.85. The van der Waals surface area contributed by atoms with Crippen LogP contribution in [0.15, 0.2) is 24.3 Å². The van der Waals surface area contributed by atoms with Gasteiger partial charge in [-0.1, -0.05) is 13.3 Å². The molecule has 1 saturated heterocycles. The molecule has 1 atom stereocenters. The Bertz CT molecular complexity index is 688. The van der Waals surface area contributed by atoms with Crippen LogP contribution in [-0.2, 0) is 14.8 Å². The van der Waals surface area contributed by atoms with Crippen molar-refractivity contribution in [2.24, 2.45) is 0 Å². The van der Waals surface area contributed by atoms with E-state index >= 15 is 0 Å². The van der Waals surface area contributed by atoms with Crippen LogP contribution >= 0.6 is 0 Å². The van der Waals surface area contributed by atoms with Crippen molar-refractivity contribution in [2.45, 2.75) is 38.6 Å². The van der Waals surface area contributed by atoms with Crippen LogP contribution in [0.1, 0.15) is 32.6 Å². The molecule has 6 nitrogen and oxygen atoms in total. The van der Waals surface area contributed by atoms with Crippen molar-refractivity contribution in [3.05, 3.63) is 30.1 Å². The molecule has 0 aliphatic carbocycles. The van der Waals surface area contributed by atoms with Gasteiger partial charge in [-0.25, -0.2) is 12.8 Å². The third kappa shape index (κ3) is 5.67. The lowest BCUT2D eigenvalue weighted by Gasteiger charge is -2.31. The van der Waals surface area contributed by atoms with Crippen molar-refractivity contribution in [3.8, 4) is 0 Å². The number of hydrogen-bond acceptors (Lipinski definition) is 4. The van der Waals surface area contributed by atoms with Gasteiger partial charge in [-0.2, -0.15) is 0 Å². The molecule has 1 unspecified atom stereocenters. The van der Waals surface area contributed by atoms with Crippen LogP contribution in [0, 0.1) is 5.82 Å². The van der Waals surface area contributed by atoms with E-state index in [2.05, 4.69) is 10.2 Å². The van der Waals surface area contributed by atoms with E-state index in [0.29, 0.717) is 13.0 Å².